The monoisotopic (exact) mass is 342 g/mol. The third-order valence-corrected chi connectivity index (χ3v) is 4.81. The van der Waals surface area contributed by atoms with Crippen molar-refractivity contribution >= 4 is 23.2 Å². The number of rotatable bonds is 5. The third-order valence-electron chi connectivity index (χ3n) is 4.56. The van der Waals surface area contributed by atoms with Crippen LogP contribution in [0.1, 0.15) is 35.2 Å². The van der Waals surface area contributed by atoms with Crippen molar-refractivity contribution in [2.75, 3.05) is 18.4 Å². The van der Waals surface area contributed by atoms with Crippen LogP contribution in [0.5, 0.6) is 0 Å². The lowest BCUT2D eigenvalue weighted by Crippen LogP contribution is -2.29. The first-order valence-corrected chi connectivity index (χ1v) is 8.95. The highest BCUT2D eigenvalue weighted by atomic mass is 35.5. The van der Waals surface area contributed by atoms with E-state index in [-0.39, 0.29) is 5.91 Å². The standard InChI is InChI=1S/C20H23ClN2O/c21-18-9-7-17(8-10-18)20(24)23-19-11-5-15(6-12-19)3-4-16-2-1-13-22-14-16/h5-12,16,22H,1-4,13-14H2,(H,23,24). The molecule has 3 rings (SSSR count). The molecule has 0 aromatic heterocycles. The Kier molecular flexibility index (Phi) is 5.89. The van der Waals surface area contributed by atoms with Crippen LogP contribution in [-0.4, -0.2) is 19.0 Å². The maximum atomic E-state index is 12.2. The van der Waals surface area contributed by atoms with Gasteiger partial charge in [0.2, 0.25) is 0 Å². The molecule has 0 spiro atoms. The summed E-state index contributed by atoms with van der Waals surface area (Å²) in [6.45, 7) is 2.31. The molecule has 126 valence electrons. The van der Waals surface area contributed by atoms with Crippen molar-refractivity contribution in [3.63, 3.8) is 0 Å². The van der Waals surface area contributed by atoms with Gasteiger partial charge in [0.25, 0.3) is 5.91 Å². The number of carbonyl (C=O) groups is 1. The van der Waals surface area contributed by atoms with E-state index in [9.17, 15) is 4.79 Å². The van der Waals surface area contributed by atoms with Gasteiger partial charge in [-0.3, -0.25) is 4.79 Å². The van der Waals surface area contributed by atoms with Gasteiger partial charge in [-0.2, -0.15) is 0 Å². The predicted molar refractivity (Wildman–Crippen MR) is 99.8 cm³/mol. The average molecular weight is 343 g/mol. The van der Waals surface area contributed by atoms with Crippen molar-refractivity contribution < 1.29 is 4.79 Å². The molecule has 24 heavy (non-hydrogen) atoms. The number of carbonyl (C=O) groups excluding carboxylic acids is 1. The Labute approximate surface area is 148 Å². The number of amides is 1. The van der Waals surface area contributed by atoms with Gasteiger partial charge >= 0.3 is 0 Å². The molecule has 0 aliphatic carbocycles. The smallest absolute Gasteiger partial charge is 0.255 e. The molecule has 4 heteroatoms. The van der Waals surface area contributed by atoms with Crippen molar-refractivity contribution in [1.29, 1.82) is 0 Å². The molecule has 2 N–H and O–H groups in total. The Hall–Kier alpha value is -1.84. The molecule has 2 aromatic carbocycles. The summed E-state index contributed by atoms with van der Waals surface area (Å²) in [4.78, 5) is 12.2. The Morgan fingerprint density at radius 2 is 1.88 bits per heavy atom. The molecule has 1 aliphatic rings. The molecular formula is C20H23ClN2O. The molecule has 1 unspecified atom stereocenters. The van der Waals surface area contributed by atoms with Crippen LogP contribution in [0.2, 0.25) is 5.02 Å². The Bertz CT molecular complexity index is 661. The minimum atomic E-state index is -0.118. The molecule has 0 radical (unpaired) electrons. The molecule has 0 saturated carbocycles. The lowest BCUT2D eigenvalue weighted by Gasteiger charge is -2.22. The quantitative estimate of drug-likeness (QED) is 0.838. The summed E-state index contributed by atoms with van der Waals surface area (Å²) in [6, 6.07) is 15.1. The zero-order chi connectivity index (χ0) is 16.8. The van der Waals surface area contributed by atoms with Gasteiger partial charge in [0.1, 0.15) is 0 Å². The zero-order valence-electron chi connectivity index (χ0n) is 13.7. The second kappa shape index (κ2) is 8.32. The van der Waals surface area contributed by atoms with Crippen LogP contribution in [0.25, 0.3) is 0 Å². The van der Waals surface area contributed by atoms with Crippen LogP contribution in [0, 0.1) is 5.92 Å². The number of hydrogen-bond donors (Lipinski definition) is 2. The normalized spacial score (nSPS) is 17.5. The molecule has 1 atom stereocenters. The number of aryl methyl sites for hydroxylation is 1. The van der Waals surface area contributed by atoms with E-state index in [0.29, 0.717) is 10.6 Å². The van der Waals surface area contributed by atoms with Gasteiger partial charge in [0, 0.05) is 16.3 Å². The maximum absolute atomic E-state index is 12.2. The fraction of sp³-hybridized carbons (Fsp3) is 0.350. The highest BCUT2D eigenvalue weighted by Gasteiger charge is 2.12. The van der Waals surface area contributed by atoms with E-state index in [1.54, 1.807) is 24.3 Å². The molecule has 0 bridgehead atoms. The van der Waals surface area contributed by atoms with Crippen LogP contribution in [0.4, 0.5) is 5.69 Å². The van der Waals surface area contributed by atoms with Crippen molar-refractivity contribution in [2.24, 2.45) is 5.92 Å². The van der Waals surface area contributed by atoms with Crippen molar-refractivity contribution in [3.8, 4) is 0 Å². The van der Waals surface area contributed by atoms with E-state index in [2.05, 4.69) is 22.8 Å². The maximum Gasteiger partial charge on any atom is 0.255 e. The molecule has 1 saturated heterocycles. The van der Waals surface area contributed by atoms with E-state index < -0.39 is 0 Å². The van der Waals surface area contributed by atoms with E-state index in [1.165, 1.54) is 31.4 Å². The van der Waals surface area contributed by atoms with E-state index in [1.807, 2.05) is 12.1 Å². The Morgan fingerprint density at radius 3 is 2.54 bits per heavy atom. The van der Waals surface area contributed by atoms with Gasteiger partial charge in [-0.15, -0.1) is 0 Å². The van der Waals surface area contributed by atoms with Gasteiger partial charge in [0.15, 0.2) is 0 Å². The second-order valence-corrected chi connectivity index (χ2v) is 6.85. The summed E-state index contributed by atoms with van der Waals surface area (Å²) < 4.78 is 0. The van der Waals surface area contributed by atoms with Crippen LogP contribution in [0.3, 0.4) is 0 Å². The summed E-state index contributed by atoms with van der Waals surface area (Å²) in [5, 5.41) is 7.01. The summed E-state index contributed by atoms with van der Waals surface area (Å²) in [7, 11) is 0. The highest BCUT2D eigenvalue weighted by molar-refractivity contribution is 6.30. The van der Waals surface area contributed by atoms with Crippen LogP contribution in [0.15, 0.2) is 48.5 Å². The number of anilines is 1. The fourth-order valence-electron chi connectivity index (χ4n) is 3.10. The highest BCUT2D eigenvalue weighted by Crippen LogP contribution is 2.19. The van der Waals surface area contributed by atoms with E-state index >= 15 is 0 Å². The first-order valence-electron chi connectivity index (χ1n) is 8.57. The number of nitrogens with one attached hydrogen (secondary N) is 2. The number of piperidine rings is 1. The molecular weight excluding hydrogens is 320 g/mol. The van der Waals surface area contributed by atoms with Crippen LogP contribution < -0.4 is 10.6 Å². The van der Waals surface area contributed by atoms with Crippen molar-refractivity contribution in [1.82, 2.24) is 5.32 Å². The van der Waals surface area contributed by atoms with E-state index in [4.69, 9.17) is 11.6 Å². The number of halogens is 1. The predicted octanol–water partition coefficient (Wildman–Crippen LogP) is 4.52. The Morgan fingerprint density at radius 1 is 1.12 bits per heavy atom. The Balaban J connectivity index is 1.52. The zero-order valence-corrected chi connectivity index (χ0v) is 14.5. The van der Waals surface area contributed by atoms with Crippen LogP contribution in [-0.2, 0) is 6.42 Å². The van der Waals surface area contributed by atoms with Crippen molar-refractivity contribution in [3.05, 3.63) is 64.7 Å². The molecule has 1 aliphatic heterocycles. The second-order valence-electron chi connectivity index (χ2n) is 6.41. The lowest BCUT2D eigenvalue weighted by atomic mass is 9.93. The first-order chi connectivity index (χ1) is 11.7. The molecule has 1 amide bonds. The molecule has 3 nitrogen and oxygen atoms in total. The minimum Gasteiger partial charge on any atom is -0.322 e. The van der Waals surface area contributed by atoms with E-state index in [0.717, 1.165) is 24.6 Å². The molecule has 1 fully saturated rings. The largest absolute Gasteiger partial charge is 0.322 e. The fourth-order valence-corrected chi connectivity index (χ4v) is 3.23. The van der Waals surface area contributed by atoms with Gasteiger partial charge in [-0.05, 0) is 86.7 Å². The van der Waals surface area contributed by atoms with Gasteiger partial charge < -0.3 is 10.6 Å². The number of benzene rings is 2. The minimum absolute atomic E-state index is 0.118. The lowest BCUT2D eigenvalue weighted by molar-refractivity contribution is 0.102. The van der Waals surface area contributed by atoms with Gasteiger partial charge in [0.05, 0.1) is 0 Å². The summed E-state index contributed by atoms with van der Waals surface area (Å²) in [5.74, 6) is 0.677. The van der Waals surface area contributed by atoms with Gasteiger partial charge in [-0.1, -0.05) is 23.7 Å². The molecule has 1 heterocycles. The first kappa shape index (κ1) is 17.0. The van der Waals surface area contributed by atoms with Crippen molar-refractivity contribution in [2.45, 2.75) is 25.7 Å². The van der Waals surface area contributed by atoms with Gasteiger partial charge in [-0.25, -0.2) is 0 Å². The third kappa shape index (κ3) is 4.83. The van der Waals surface area contributed by atoms with Crippen LogP contribution >= 0.6 is 11.6 Å². The topological polar surface area (TPSA) is 41.1 Å². The summed E-state index contributed by atoms with van der Waals surface area (Å²) in [6.07, 6.45) is 4.95. The number of hydrogen-bond acceptors (Lipinski definition) is 2. The average Bonchev–Trinajstić information content (AvgIpc) is 2.62. The molecule has 2 aromatic rings. The summed E-state index contributed by atoms with van der Waals surface area (Å²) >= 11 is 5.84. The SMILES string of the molecule is O=C(Nc1ccc(CCC2CCCNC2)cc1)c1ccc(Cl)cc1. The summed E-state index contributed by atoms with van der Waals surface area (Å²) in [5.41, 5.74) is 2.75.